The maximum atomic E-state index is 13.4. The molecule has 0 bridgehead atoms. The van der Waals surface area contributed by atoms with Crippen molar-refractivity contribution < 1.29 is 18.1 Å². The van der Waals surface area contributed by atoms with Gasteiger partial charge in [0.15, 0.2) is 11.0 Å². The lowest BCUT2D eigenvalue weighted by atomic mass is 10.0. The third-order valence-electron chi connectivity index (χ3n) is 4.82. The van der Waals surface area contributed by atoms with Crippen LogP contribution in [0.1, 0.15) is 27.0 Å². The third kappa shape index (κ3) is 4.75. The monoisotopic (exact) mass is 465 g/mol. The summed E-state index contributed by atoms with van der Waals surface area (Å²) in [7, 11) is -0.126. The zero-order valence-corrected chi connectivity index (χ0v) is 18.5. The smallest absolute Gasteiger partial charge is 0.205 e. The number of halogens is 2. The first kappa shape index (κ1) is 21.8. The van der Waals surface area contributed by atoms with Crippen molar-refractivity contribution in [3.63, 3.8) is 0 Å². The number of anilines is 1. The molecule has 1 aliphatic rings. The van der Waals surface area contributed by atoms with Crippen molar-refractivity contribution in [2.75, 3.05) is 11.8 Å². The van der Waals surface area contributed by atoms with Gasteiger partial charge in [-0.15, -0.1) is 0 Å². The van der Waals surface area contributed by atoms with Crippen LogP contribution in [0.15, 0.2) is 65.6 Å². The fourth-order valence-corrected chi connectivity index (χ4v) is 4.33. The van der Waals surface area contributed by atoms with E-state index >= 15 is 0 Å². The Labute approximate surface area is 192 Å². The lowest BCUT2D eigenvalue weighted by Crippen LogP contribution is -2.22. The van der Waals surface area contributed by atoms with Gasteiger partial charge in [-0.1, -0.05) is 41.6 Å². The standard InChI is InChI=1S/C25H17ClFNO3S/c1-31-19-9-5-16(6-10-19)3-2-4-17-8-12-23-20(13-17)25(29)24(32(30)28-23)15-18-7-11-22(27)21(26)14-18/h5-15,28H,3H2,1H3/b24-15-. The first-order valence-electron chi connectivity index (χ1n) is 9.60. The maximum absolute atomic E-state index is 13.4. The molecule has 0 amide bonds. The Balaban J connectivity index is 1.58. The van der Waals surface area contributed by atoms with Crippen LogP contribution in [0, 0.1) is 17.7 Å². The lowest BCUT2D eigenvalue weighted by Gasteiger charge is -2.19. The van der Waals surface area contributed by atoms with E-state index in [1.54, 1.807) is 25.3 Å². The summed E-state index contributed by atoms with van der Waals surface area (Å²) >= 11 is 5.81. The van der Waals surface area contributed by atoms with E-state index in [9.17, 15) is 13.4 Å². The summed E-state index contributed by atoms with van der Waals surface area (Å²) in [6, 6.07) is 16.8. The number of carbonyl (C=O) groups is 1. The molecule has 0 aromatic heterocycles. The highest BCUT2D eigenvalue weighted by Gasteiger charge is 2.27. The largest absolute Gasteiger partial charge is 0.497 e. The second-order valence-electron chi connectivity index (χ2n) is 6.97. The Kier molecular flexibility index (Phi) is 6.40. The normalized spacial score (nSPS) is 16.0. The van der Waals surface area contributed by atoms with Gasteiger partial charge in [0.05, 0.1) is 17.8 Å². The highest BCUT2D eigenvalue weighted by molar-refractivity contribution is 7.91. The average Bonchev–Trinajstić information content (AvgIpc) is 2.80. The summed E-state index contributed by atoms with van der Waals surface area (Å²) in [4.78, 5) is 13.1. The second-order valence-corrected chi connectivity index (χ2v) is 8.56. The number of ether oxygens (including phenoxy) is 1. The molecule has 1 aliphatic heterocycles. The van der Waals surface area contributed by atoms with Crippen LogP contribution in [0.25, 0.3) is 6.08 Å². The molecular formula is C25H17ClFNO3S. The molecule has 0 fully saturated rings. The van der Waals surface area contributed by atoms with E-state index in [2.05, 4.69) is 16.6 Å². The lowest BCUT2D eigenvalue weighted by molar-refractivity contribution is 0.104. The van der Waals surface area contributed by atoms with Crippen molar-refractivity contribution >= 4 is 40.1 Å². The fourth-order valence-electron chi connectivity index (χ4n) is 3.13. The first-order chi connectivity index (χ1) is 15.4. The Bertz CT molecular complexity index is 1320. The van der Waals surface area contributed by atoms with Gasteiger partial charge >= 0.3 is 0 Å². The van der Waals surface area contributed by atoms with E-state index < -0.39 is 16.8 Å². The van der Waals surface area contributed by atoms with Crippen LogP contribution in [0.4, 0.5) is 10.1 Å². The summed E-state index contributed by atoms with van der Waals surface area (Å²) in [6.45, 7) is 0. The van der Waals surface area contributed by atoms with Crippen LogP contribution in [-0.2, 0) is 17.4 Å². The highest BCUT2D eigenvalue weighted by Crippen LogP contribution is 2.30. The molecule has 160 valence electrons. The predicted octanol–water partition coefficient (Wildman–Crippen LogP) is 5.39. The minimum Gasteiger partial charge on any atom is -0.497 e. The van der Waals surface area contributed by atoms with Crippen molar-refractivity contribution in [1.82, 2.24) is 0 Å². The van der Waals surface area contributed by atoms with Crippen LogP contribution in [0.3, 0.4) is 0 Å². The molecule has 4 rings (SSSR count). The topological polar surface area (TPSA) is 55.4 Å². The van der Waals surface area contributed by atoms with E-state index in [1.807, 2.05) is 24.3 Å². The van der Waals surface area contributed by atoms with E-state index in [-0.39, 0.29) is 15.7 Å². The van der Waals surface area contributed by atoms with Gasteiger partial charge in [0.1, 0.15) is 16.5 Å². The summed E-state index contributed by atoms with van der Waals surface area (Å²) in [6.07, 6.45) is 2.00. The summed E-state index contributed by atoms with van der Waals surface area (Å²) < 4.78 is 33.9. The molecule has 3 aromatic rings. The Morgan fingerprint density at radius 2 is 1.91 bits per heavy atom. The molecule has 1 unspecified atom stereocenters. The van der Waals surface area contributed by atoms with Gasteiger partial charge in [0.2, 0.25) is 5.78 Å². The molecule has 32 heavy (non-hydrogen) atoms. The number of carbonyl (C=O) groups excluding carboxylic acids is 1. The van der Waals surface area contributed by atoms with E-state index in [0.717, 1.165) is 11.3 Å². The number of rotatable bonds is 3. The number of nitrogens with one attached hydrogen (secondary N) is 1. The number of benzene rings is 3. The number of methoxy groups -OCH3 is 1. The number of hydrogen-bond acceptors (Lipinski definition) is 3. The number of hydrogen-bond donors (Lipinski definition) is 1. The zero-order valence-electron chi connectivity index (χ0n) is 16.9. The van der Waals surface area contributed by atoms with Gasteiger partial charge in [-0.2, -0.15) is 0 Å². The SMILES string of the molecule is COc1ccc(CC#Cc2ccc3c(c2)C(=O)/C(=C/c2ccc(F)c(Cl)c2)S(=O)N3)cc1. The molecule has 7 heteroatoms. The first-order valence-corrected chi connectivity index (χ1v) is 11.1. The third-order valence-corrected chi connectivity index (χ3v) is 6.21. The number of allylic oxidation sites excluding steroid dienone is 1. The second kappa shape index (κ2) is 9.39. The predicted molar refractivity (Wildman–Crippen MR) is 126 cm³/mol. The maximum Gasteiger partial charge on any atom is 0.205 e. The molecule has 0 saturated carbocycles. The molecule has 1 atom stereocenters. The molecule has 0 radical (unpaired) electrons. The van der Waals surface area contributed by atoms with Gasteiger partial charge in [-0.25, -0.2) is 8.60 Å². The van der Waals surface area contributed by atoms with Crippen LogP contribution >= 0.6 is 11.6 Å². The van der Waals surface area contributed by atoms with Gasteiger partial charge in [0, 0.05) is 17.5 Å². The Morgan fingerprint density at radius 3 is 2.62 bits per heavy atom. The quantitative estimate of drug-likeness (QED) is 0.416. The molecule has 1 heterocycles. The van der Waals surface area contributed by atoms with Crippen molar-refractivity contribution in [2.24, 2.45) is 0 Å². The summed E-state index contributed by atoms with van der Waals surface area (Å²) in [5.74, 6) is 6.01. The molecule has 0 saturated heterocycles. The highest BCUT2D eigenvalue weighted by atomic mass is 35.5. The molecule has 4 nitrogen and oxygen atoms in total. The number of Topliss-reactive ketones (excluding diaryl/α,β-unsaturated/α-hetero) is 1. The van der Waals surface area contributed by atoms with Crippen molar-refractivity contribution in [3.05, 3.63) is 98.7 Å². The van der Waals surface area contributed by atoms with Crippen LogP contribution < -0.4 is 9.46 Å². The van der Waals surface area contributed by atoms with Gasteiger partial charge in [-0.05, 0) is 59.7 Å². The summed E-state index contributed by atoms with van der Waals surface area (Å²) in [5.41, 5.74) is 3.05. The molecule has 0 aliphatic carbocycles. The van der Waals surface area contributed by atoms with Crippen molar-refractivity contribution in [2.45, 2.75) is 6.42 Å². The van der Waals surface area contributed by atoms with Gasteiger partial charge in [0.25, 0.3) is 0 Å². The van der Waals surface area contributed by atoms with Crippen LogP contribution in [0.2, 0.25) is 5.02 Å². The minimum absolute atomic E-state index is 0.0588. The van der Waals surface area contributed by atoms with Gasteiger partial charge in [-0.3, -0.25) is 4.79 Å². The van der Waals surface area contributed by atoms with Crippen LogP contribution in [-0.4, -0.2) is 17.1 Å². The molecule has 3 aromatic carbocycles. The Morgan fingerprint density at radius 1 is 1.12 bits per heavy atom. The van der Waals surface area contributed by atoms with Crippen molar-refractivity contribution in [3.8, 4) is 17.6 Å². The Hall–Kier alpha value is -3.40. The van der Waals surface area contributed by atoms with E-state index in [1.165, 1.54) is 24.3 Å². The number of fused-ring (bicyclic) bond motifs is 1. The van der Waals surface area contributed by atoms with Gasteiger partial charge < -0.3 is 9.46 Å². The fraction of sp³-hybridized carbons (Fsp3) is 0.0800. The molecular weight excluding hydrogens is 449 g/mol. The van der Waals surface area contributed by atoms with E-state index in [0.29, 0.717) is 28.8 Å². The molecule has 1 N–H and O–H groups in total. The van der Waals surface area contributed by atoms with Crippen molar-refractivity contribution in [1.29, 1.82) is 0 Å². The summed E-state index contributed by atoms with van der Waals surface area (Å²) in [5, 5.41) is -0.0730. The molecule has 0 spiro atoms. The zero-order chi connectivity index (χ0) is 22.7. The minimum atomic E-state index is -1.74. The average molecular weight is 466 g/mol. The van der Waals surface area contributed by atoms with Crippen LogP contribution in [0.5, 0.6) is 5.75 Å². The van der Waals surface area contributed by atoms with E-state index in [4.69, 9.17) is 16.3 Å². The number of ketones is 1.